The zero-order valence-electron chi connectivity index (χ0n) is 12.3. The molecule has 1 heterocycles. The van der Waals surface area contributed by atoms with E-state index < -0.39 is 11.9 Å². The van der Waals surface area contributed by atoms with Gasteiger partial charge in [-0.05, 0) is 36.8 Å². The van der Waals surface area contributed by atoms with Crippen molar-refractivity contribution in [1.82, 2.24) is 0 Å². The van der Waals surface area contributed by atoms with Crippen molar-refractivity contribution in [2.24, 2.45) is 0 Å². The van der Waals surface area contributed by atoms with Crippen LogP contribution in [0.4, 0.5) is 15.8 Å². The first kappa shape index (κ1) is 15.5. The van der Waals surface area contributed by atoms with Gasteiger partial charge in [0.05, 0.1) is 17.1 Å². The second kappa shape index (κ2) is 6.01. The van der Waals surface area contributed by atoms with E-state index in [-0.39, 0.29) is 18.1 Å². The second-order valence-electron chi connectivity index (χ2n) is 5.38. The van der Waals surface area contributed by atoms with Crippen LogP contribution in [0.5, 0.6) is 0 Å². The molecule has 1 aliphatic rings. The quantitative estimate of drug-likeness (QED) is 0.875. The number of nitrogens with zero attached hydrogens (tertiary/aromatic N) is 1. The van der Waals surface area contributed by atoms with E-state index in [2.05, 4.69) is 5.32 Å². The third kappa shape index (κ3) is 2.92. The van der Waals surface area contributed by atoms with Gasteiger partial charge in [-0.25, -0.2) is 9.29 Å². The van der Waals surface area contributed by atoms with E-state index in [1.165, 1.54) is 6.07 Å². The van der Waals surface area contributed by atoms with Crippen LogP contribution in [0, 0.1) is 12.7 Å². The molecule has 1 unspecified atom stereocenters. The molecule has 3 rings (SSSR count). The molecule has 0 bridgehead atoms. The number of carbonyl (C=O) groups excluding carboxylic acids is 2. The van der Waals surface area contributed by atoms with Crippen LogP contribution in [0.1, 0.15) is 12.0 Å². The number of aryl methyl sites for hydroxylation is 1. The molecule has 0 aliphatic carbocycles. The lowest BCUT2D eigenvalue weighted by Crippen LogP contribution is -2.35. The number of para-hydroxylation sites is 1. The number of nitrogens with one attached hydrogen (secondary N) is 1. The fourth-order valence-electron chi connectivity index (χ4n) is 2.51. The standard InChI is InChI=1S/C17H14ClFN2O2/c1-10-6-7-11(8-13(10)19)20-14-9-16(22)21(17(14)23)15-5-3-2-4-12(15)18/h2-8,14,20H,9H2,1H3. The van der Waals surface area contributed by atoms with E-state index in [1.54, 1.807) is 43.3 Å². The molecule has 6 heteroatoms. The van der Waals surface area contributed by atoms with Gasteiger partial charge < -0.3 is 5.32 Å². The summed E-state index contributed by atoms with van der Waals surface area (Å²) >= 11 is 6.06. The van der Waals surface area contributed by atoms with Gasteiger partial charge in [-0.2, -0.15) is 0 Å². The normalized spacial score (nSPS) is 17.7. The first-order valence-electron chi connectivity index (χ1n) is 7.11. The SMILES string of the molecule is Cc1ccc(NC2CC(=O)N(c3ccccc3Cl)C2=O)cc1F. The van der Waals surface area contributed by atoms with Gasteiger partial charge in [0.2, 0.25) is 5.91 Å². The predicted molar refractivity (Wildman–Crippen MR) is 87.1 cm³/mol. The molecule has 23 heavy (non-hydrogen) atoms. The van der Waals surface area contributed by atoms with Crippen LogP contribution in [0.25, 0.3) is 0 Å². The average molecular weight is 333 g/mol. The van der Waals surface area contributed by atoms with Gasteiger partial charge in [-0.1, -0.05) is 29.8 Å². The molecule has 0 spiro atoms. The number of rotatable bonds is 3. The van der Waals surface area contributed by atoms with E-state index in [9.17, 15) is 14.0 Å². The van der Waals surface area contributed by atoms with Gasteiger partial charge in [-0.15, -0.1) is 0 Å². The van der Waals surface area contributed by atoms with Gasteiger partial charge in [0, 0.05) is 5.69 Å². The third-order valence-corrected chi connectivity index (χ3v) is 4.07. The van der Waals surface area contributed by atoms with Gasteiger partial charge in [0.1, 0.15) is 11.9 Å². The number of halogens is 2. The third-order valence-electron chi connectivity index (χ3n) is 3.75. The first-order chi connectivity index (χ1) is 11.0. The minimum Gasteiger partial charge on any atom is -0.373 e. The zero-order chi connectivity index (χ0) is 16.6. The molecule has 2 aromatic rings. The van der Waals surface area contributed by atoms with Crippen LogP contribution < -0.4 is 10.2 Å². The summed E-state index contributed by atoms with van der Waals surface area (Å²) < 4.78 is 13.6. The van der Waals surface area contributed by atoms with Crippen LogP contribution in [-0.2, 0) is 9.59 Å². The van der Waals surface area contributed by atoms with Gasteiger partial charge in [0.15, 0.2) is 0 Å². The molecule has 4 nitrogen and oxygen atoms in total. The fourth-order valence-corrected chi connectivity index (χ4v) is 2.73. The average Bonchev–Trinajstić information content (AvgIpc) is 2.78. The number of anilines is 2. The number of carbonyl (C=O) groups is 2. The summed E-state index contributed by atoms with van der Waals surface area (Å²) in [5.41, 5.74) is 1.34. The molecule has 1 N–H and O–H groups in total. The molecule has 1 saturated heterocycles. The topological polar surface area (TPSA) is 49.4 Å². The zero-order valence-corrected chi connectivity index (χ0v) is 13.1. The van der Waals surface area contributed by atoms with Crippen molar-refractivity contribution < 1.29 is 14.0 Å². The Bertz CT molecular complexity index is 794. The Morgan fingerprint density at radius 1 is 1.22 bits per heavy atom. The molecular formula is C17H14ClFN2O2. The van der Waals surface area contributed by atoms with E-state index in [0.29, 0.717) is 22.0 Å². The number of hydrogen-bond donors (Lipinski definition) is 1. The summed E-state index contributed by atoms with van der Waals surface area (Å²) in [6, 6.07) is 10.5. The summed E-state index contributed by atoms with van der Waals surface area (Å²) in [5, 5.41) is 3.24. The van der Waals surface area contributed by atoms with Crippen molar-refractivity contribution in [2.45, 2.75) is 19.4 Å². The summed E-state index contributed by atoms with van der Waals surface area (Å²) in [6.07, 6.45) is -0.000444. The molecule has 0 saturated carbocycles. The lowest BCUT2D eigenvalue weighted by atomic mass is 10.2. The van der Waals surface area contributed by atoms with Crippen molar-refractivity contribution in [3.8, 4) is 0 Å². The highest BCUT2D eigenvalue weighted by Crippen LogP contribution is 2.30. The molecule has 118 valence electrons. The highest BCUT2D eigenvalue weighted by molar-refractivity contribution is 6.36. The second-order valence-corrected chi connectivity index (χ2v) is 5.79. The summed E-state index contributed by atoms with van der Waals surface area (Å²) in [6.45, 7) is 1.66. The molecule has 2 amide bonds. The van der Waals surface area contributed by atoms with Crippen LogP contribution in [0.3, 0.4) is 0 Å². The molecule has 1 fully saturated rings. The van der Waals surface area contributed by atoms with Crippen molar-refractivity contribution >= 4 is 34.8 Å². The highest BCUT2D eigenvalue weighted by Gasteiger charge is 2.40. The van der Waals surface area contributed by atoms with Crippen LogP contribution >= 0.6 is 11.6 Å². The van der Waals surface area contributed by atoms with E-state index in [0.717, 1.165) is 4.90 Å². The van der Waals surface area contributed by atoms with Crippen molar-refractivity contribution in [3.63, 3.8) is 0 Å². The molecule has 0 aromatic heterocycles. The van der Waals surface area contributed by atoms with Crippen molar-refractivity contribution in [3.05, 3.63) is 58.9 Å². The van der Waals surface area contributed by atoms with E-state index >= 15 is 0 Å². The highest BCUT2D eigenvalue weighted by atomic mass is 35.5. The minimum absolute atomic E-state index is 0.000444. The first-order valence-corrected chi connectivity index (χ1v) is 7.49. The van der Waals surface area contributed by atoms with Crippen molar-refractivity contribution in [1.29, 1.82) is 0 Å². The van der Waals surface area contributed by atoms with Crippen molar-refractivity contribution in [2.75, 3.05) is 10.2 Å². The Kier molecular flexibility index (Phi) is 4.05. The number of benzene rings is 2. The van der Waals surface area contributed by atoms with Gasteiger partial charge in [-0.3, -0.25) is 9.59 Å². The van der Waals surface area contributed by atoms with Crippen LogP contribution in [-0.4, -0.2) is 17.9 Å². The molecule has 1 atom stereocenters. The Balaban J connectivity index is 1.84. The van der Waals surface area contributed by atoms with Gasteiger partial charge >= 0.3 is 0 Å². The number of imide groups is 1. The Morgan fingerprint density at radius 2 is 1.96 bits per heavy atom. The number of hydrogen-bond acceptors (Lipinski definition) is 3. The summed E-state index contributed by atoms with van der Waals surface area (Å²) in [7, 11) is 0. The van der Waals surface area contributed by atoms with E-state index in [4.69, 9.17) is 11.6 Å². The van der Waals surface area contributed by atoms with Crippen LogP contribution in [0.15, 0.2) is 42.5 Å². The predicted octanol–water partition coefficient (Wildman–Crippen LogP) is 3.53. The molecule has 2 aromatic carbocycles. The van der Waals surface area contributed by atoms with Gasteiger partial charge in [0.25, 0.3) is 5.91 Å². The lowest BCUT2D eigenvalue weighted by molar-refractivity contribution is -0.121. The Morgan fingerprint density at radius 3 is 2.65 bits per heavy atom. The monoisotopic (exact) mass is 332 g/mol. The smallest absolute Gasteiger partial charge is 0.256 e. The maximum Gasteiger partial charge on any atom is 0.256 e. The molecule has 1 aliphatic heterocycles. The van der Waals surface area contributed by atoms with E-state index in [1.807, 2.05) is 0 Å². The molecule has 0 radical (unpaired) electrons. The molecular weight excluding hydrogens is 319 g/mol. The summed E-state index contributed by atoms with van der Waals surface area (Å²) in [5.74, 6) is -1.10. The Labute approximate surface area is 137 Å². The minimum atomic E-state index is -0.735. The summed E-state index contributed by atoms with van der Waals surface area (Å²) in [4.78, 5) is 25.8. The largest absolute Gasteiger partial charge is 0.373 e. The lowest BCUT2D eigenvalue weighted by Gasteiger charge is -2.17. The maximum atomic E-state index is 13.6. The fraction of sp³-hybridized carbons (Fsp3) is 0.176. The number of amides is 2. The van der Waals surface area contributed by atoms with Crippen LogP contribution in [0.2, 0.25) is 5.02 Å². The maximum absolute atomic E-state index is 13.6. The Hall–Kier alpha value is -2.40.